The van der Waals surface area contributed by atoms with Crippen molar-refractivity contribution in [3.05, 3.63) is 4.88 Å². The number of nitrogens with two attached hydrogens (primary N) is 1. The molecule has 1 aliphatic carbocycles. The maximum atomic E-state index is 12.1. The number of carbonyl (C=O) groups is 1. The number of rotatable bonds is 5. The Labute approximate surface area is 129 Å². The van der Waals surface area contributed by atoms with E-state index >= 15 is 0 Å². The highest BCUT2D eigenvalue weighted by Crippen LogP contribution is 2.42. The quantitative estimate of drug-likeness (QED) is 0.856. The Bertz CT molecular complexity index is 660. The highest BCUT2D eigenvalue weighted by atomic mass is 32.2. The molecule has 1 aromatic heterocycles. The molecule has 1 amide bonds. The van der Waals surface area contributed by atoms with Crippen LogP contribution in [0.25, 0.3) is 0 Å². The summed E-state index contributed by atoms with van der Waals surface area (Å²) in [6.45, 7) is 2.02. The van der Waals surface area contributed by atoms with Crippen molar-refractivity contribution in [1.82, 2.24) is 4.90 Å². The van der Waals surface area contributed by atoms with Crippen LogP contribution in [0.2, 0.25) is 0 Å². The number of nitrogen functional groups attached to an aromatic ring is 1. The van der Waals surface area contributed by atoms with Crippen LogP contribution in [-0.4, -0.2) is 45.6 Å². The maximum absolute atomic E-state index is 12.1. The molecule has 21 heavy (non-hydrogen) atoms. The molecule has 0 radical (unpaired) electrons. The molecular formula is C13H21N3O3S2. The first kappa shape index (κ1) is 16.1. The molecule has 0 spiro atoms. The van der Waals surface area contributed by atoms with E-state index in [2.05, 4.69) is 5.32 Å². The van der Waals surface area contributed by atoms with Gasteiger partial charge in [0.15, 0.2) is 9.84 Å². The number of thiophene rings is 1. The molecule has 8 heteroatoms. The van der Waals surface area contributed by atoms with Gasteiger partial charge in [-0.15, -0.1) is 11.3 Å². The van der Waals surface area contributed by atoms with Crippen LogP contribution in [0.15, 0.2) is 4.90 Å². The zero-order valence-corrected chi connectivity index (χ0v) is 14.3. The molecule has 0 aromatic carbocycles. The summed E-state index contributed by atoms with van der Waals surface area (Å²) in [7, 11) is -0.276. The smallest absolute Gasteiger partial charge is 0.265 e. The Balaban J connectivity index is 2.46. The van der Waals surface area contributed by atoms with Crippen LogP contribution in [0.1, 0.15) is 29.4 Å². The number of sulfone groups is 1. The van der Waals surface area contributed by atoms with Gasteiger partial charge in [0, 0.05) is 26.4 Å². The molecule has 1 atom stereocenters. The molecule has 1 unspecified atom stereocenters. The van der Waals surface area contributed by atoms with Gasteiger partial charge in [0.05, 0.1) is 5.69 Å². The molecule has 1 aliphatic rings. The number of nitrogens with one attached hydrogen (secondary N) is 1. The van der Waals surface area contributed by atoms with Crippen molar-refractivity contribution in [3.8, 4) is 0 Å². The third-order valence-electron chi connectivity index (χ3n) is 3.56. The minimum Gasteiger partial charge on any atom is -0.396 e. The molecule has 2 rings (SSSR count). The van der Waals surface area contributed by atoms with E-state index in [9.17, 15) is 13.2 Å². The third-order valence-corrected chi connectivity index (χ3v) is 5.98. The molecule has 0 bridgehead atoms. The first-order valence-electron chi connectivity index (χ1n) is 6.73. The van der Waals surface area contributed by atoms with E-state index in [-0.39, 0.29) is 27.4 Å². The first-order valence-corrected chi connectivity index (χ1v) is 9.44. The summed E-state index contributed by atoms with van der Waals surface area (Å²) in [5.74, 6) is 0.281. The topological polar surface area (TPSA) is 92.5 Å². The van der Waals surface area contributed by atoms with Crippen LogP contribution >= 0.6 is 11.3 Å². The standard InChI is InChI=1S/C13H21N3O3S2/c1-7(8-5-6-8)15-12-11(21(4,18)19)9(14)10(20-12)13(17)16(2)3/h7-8,15H,5-6,14H2,1-4H3. The summed E-state index contributed by atoms with van der Waals surface area (Å²) in [4.78, 5) is 13.8. The minimum atomic E-state index is -3.50. The minimum absolute atomic E-state index is 0.0465. The highest BCUT2D eigenvalue weighted by Gasteiger charge is 2.32. The van der Waals surface area contributed by atoms with Crippen molar-refractivity contribution in [2.45, 2.75) is 30.7 Å². The molecule has 6 nitrogen and oxygen atoms in total. The SMILES string of the molecule is CC(Nc1sc(C(=O)N(C)C)c(N)c1S(C)(=O)=O)C1CC1. The van der Waals surface area contributed by atoms with E-state index in [1.165, 1.54) is 4.90 Å². The lowest BCUT2D eigenvalue weighted by Crippen LogP contribution is -2.21. The second-order valence-electron chi connectivity index (χ2n) is 5.75. The van der Waals surface area contributed by atoms with Gasteiger partial charge in [0.1, 0.15) is 14.8 Å². The van der Waals surface area contributed by atoms with Crippen molar-refractivity contribution in [1.29, 1.82) is 0 Å². The van der Waals surface area contributed by atoms with Crippen molar-refractivity contribution >= 4 is 37.8 Å². The van der Waals surface area contributed by atoms with Gasteiger partial charge in [0.25, 0.3) is 5.91 Å². The second-order valence-corrected chi connectivity index (χ2v) is 8.72. The Morgan fingerprint density at radius 2 is 2.00 bits per heavy atom. The summed E-state index contributed by atoms with van der Waals surface area (Å²) in [6, 6.07) is 0.172. The van der Waals surface area contributed by atoms with Gasteiger partial charge in [-0.3, -0.25) is 4.79 Å². The van der Waals surface area contributed by atoms with Crippen LogP contribution in [0.3, 0.4) is 0 Å². The number of hydrogen-bond donors (Lipinski definition) is 2. The van der Waals surface area contributed by atoms with Crippen LogP contribution in [-0.2, 0) is 9.84 Å². The number of amides is 1. The number of anilines is 2. The molecule has 118 valence electrons. The summed E-state index contributed by atoms with van der Waals surface area (Å²) >= 11 is 1.12. The van der Waals surface area contributed by atoms with E-state index in [0.29, 0.717) is 10.9 Å². The fraction of sp³-hybridized carbons (Fsp3) is 0.615. The summed E-state index contributed by atoms with van der Waals surface area (Å²) in [5, 5.41) is 3.69. The van der Waals surface area contributed by atoms with Crippen molar-refractivity contribution in [2.75, 3.05) is 31.4 Å². The van der Waals surface area contributed by atoms with E-state index < -0.39 is 9.84 Å². The monoisotopic (exact) mass is 331 g/mol. The Hall–Kier alpha value is -1.28. The average Bonchev–Trinajstić information content (AvgIpc) is 3.12. The number of nitrogens with zero attached hydrogens (tertiary/aromatic N) is 1. The van der Waals surface area contributed by atoms with Crippen molar-refractivity contribution in [2.24, 2.45) is 5.92 Å². The molecule has 1 saturated carbocycles. The van der Waals surface area contributed by atoms with E-state index in [4.69, 9.17) is 5.73 Å². The van der Waals surface area contributed by atoms with Crippen LogP contribution < -0.4 is 11.1 Å². The zero-order chi connectivity index (χ0) is 15.9. The van der Waals surface area contributed by atoms with Crippen LogP contribution in [0, 0.1) is 5.92 Å². The predicted octanol–water partition coefficient (Wildman–Crippen LogP) is 1.65. The molecule has 1 fully saturated rings. The van der Waals surface area contributed by atoms with E-state index in [1.54, 1.807) is 14.1 Å². The van der Waals surface area contributed by atoms with Crippen LogP contribution in [0.4, 0.5) is 10.7 Å². The lowest BCUT2D eigenvalue weighted by molar-refractivity contribution is 0.0833. The Kier molecular flexibility index (Phi) is 4.21. The molecule has 3 N–H and O–H groups in total. The predicted molar refractivity (Wildman–Crippen MR) is 85.7 cm³/mol. The molecule has 0 aliphatic heterocycles. The van der Waals surface area contributed by atoms with Gasteiger partial charge in [-0.05, 0) is 25.7 Å². The summed E-state index contributed by atoms with van der Waals surface area (Å²) < 4.78 is 24.0. The summed E-state index contributed by atoms with van der Waals surface area (Å²) in [6.07, 6.45) is 3.40. The summed E-state index contributed by atoms with van der Waals surface area (Å²) in [5.41, 5.74) is 5.99. The fourth-order valence-corrected chi connectivity index (χ4v) is 4.85. The van der Waals surface area contributed by atoms with Gasteiger partial charge >= 0.3 is 0 Å². The molecular weight excluding hydrogens is 310 g/mol. The molecule has 1 heterocycles. The highest BCUT2D eigenvalue weighted by molar-refractivity contribution is 7.91. The van der Waals surface area contributed by atoms with Gasteiger partial charge in [-0.2, -0.15) is 0 Å². The first-order chi connectivity index (χ1) is 9.62. The Morgan fingerprint density at radius 3 is 2.43 bits per heavy atom. The Morgan fingerprint density at radius 1 is 1.43 bits per heavy atom. The van der Waals surface area contributed by atoms with Crippen LogP contribution in [0.5, 0.6) is 0 Å². The lowest BCUT2D eigenvalue weighted by atomic mass is 10.2. The maximum Gasteiger partial charge on any atom is 0.265 e. The van der Waals surface area contributed by atoms with Gasteiger partial charge in [-0.1, -0.05) is 0 Å². The van der Waals surface area contributed by atoms with E-state index in [1.807, 2.05) is 6.92 Å². The number of carbonyl (C=O) groups excluding carboxylic acids is 1. The fourth-order valence-electron chi connectivity index (χ4n) is 2.17. The third kappa shape index (κ3) is 3.32. The molecule has 0 saturated heterocycles. The molecule has 1 aromatic rings. The lowest BCUT2D eigenvalue weighted by Gasteiger charge is -2.13. The van der Waals surface area contributed by atoms with Crippen molar-refractivity contribution in [3.63, 3.8) is 0 Å². The number of hydrogen-bond acceptors (Lipinski definition) is 6. The van der Waals surface area contributed by atoms with Gasteiger partial charge in [0.2, 0.25) is 0 Å². The van der Waals surface area contributed by atoms with Gasteiger partial charge < -0.3 is 16.0 Å². The normalized spacial score (nSPS) is 16.6. The van der Waals surface area contributed by atoms with Crippen molar-refractivity contribution < 1.29 is 13.2 Å². The largest absolute Gasteiger partial charge is 0.396 e. The zero-order valence-electron chi connectivity index (χ0n) is 12.6. The second kappa shape index (κ2) is 5.49. The van der Waals surface area contributed by atoms with E-state index in [0.717, 1.165) is 30.4 Å². The van der Waals surface area contributed by atoms with Gasteiger partial charge in [-0.25, -0.2) is 8.42 Å². The average molecular weight is 331 g/mol.